The van der Waals surface area contributed by atoms with Crippen molar-refractivity contribution in [3.63, 3.8) is 0 Å². The maximum Gasteiger partial charge on any atom is 0.263 e. The van der Waals surface area contributed by atoms with Gasteiger partial charge in [-0.05, 0) is 36.8 Å². The van der Waals surface area contributed by atoms with Gasteiger partial charge in [-0.1, -0.05) is 17.7 Å². The summed E-state index contributed by atoms with van der Waals surface area (Å²) in [5, 5.41) is 0.269. The number of nitrogens with two attached hydrogens (primary N) is 1. The van der Waals surface area contributed by atoms with E-state index in [1.807, 2.05) is 6.92 Å². The molecule has 0 bridgehead atoms. The Balaban J connectivity index is 2.42. The van der Waals surface area contributed by atoms with E-state index in [4.69, 9.17) is 22.1 Å². The highest BCUT2D eigenvalue weighted by atomic mass is 35.5. The van der Waals surface area contributed by atoms with Gasteiger partial charge in [0.15, 0.2) is 0 Å². The number of nitrogens with one attached hydrogen (secondary N) is 1. The van der Waals surface area contributed by atoms with Gasteiger partial charge in [0.25, 0.3) is 10.0 Å². The van der Waals surface area contributed by atoms with E-state index in [1.165, 1.54) is 19.2 Å². The molecule has 112 valence electrons. The van der Waals surface area contributed by atoms with Crippen LogP contribution in [0.4, 0.5) is 11.4 Å². The van der Waals surface area contributed by atoms with Crippen LogP contribution in [0.25, 0.3) is 0 Å². The zero-order valence-electron chi connectivity index (χ0n) is 11.6. The first kappa shape index (κ1) is 15.5. The summed E-state index contributed by atoms with van der Waals surface area (Å²) in [7, 11) is -2.34. The minimum Gasteiger partial charge on any atom is -0.497 e. The molecule has 21 heavy (non-hydrogen) atoms. The standard InChI is InChI=1S/C14H15ClN2O3S/c1-9-3-6-14(12(16)7-9)21(18,19)17-13-8-10(20-2)4-5-11(13)15/h3-8,17H,16H2,1-2H3. The van der Waals surface area contributed by atoms with Gasteiger partial charge in [-0.15, -0.1) is 0 Å². The summed E-state index contributed by atoms with van der Waals surface area (Å²) in [6.45, 7) is 1.83. The van der Waals surface area contributed by atoms with Crippen molar-refractivity contribution in [2.45, 2.75) is 11.8 Å². The van der Waals surface area contributed by atoms with Crippen molar-refractivity contribution in [1.29, 1.82) is 0 Å². The topological polar surface area (TPSA) is 81.4 Å². The molecule has 3 N–H and O–H groups in total. The van der Waals surface area contributed by atoms with E-state index in [0.29, 0.717) is 5.75 Å². The summed E-state index contributed by atoms with van der Waals surface area (Å²) in [4.78, 5) is 0.00647. The number of nitrogen functional groups attached to an aromatic ring is 1. The van der Waals surface area contributed by atoms with Crippen LogP contribution in [0, 0.1) is 6.92 Å². The highest BCUT2D eigenvalue weighted by Crippen LogP contribution is 2.30. The number of rotatable bonds is 4. The lowest BCUT2D eigenvalue weighted by Gasteiger charge is -2.12. The van der Waals surface area contributed by atoms with Crippen molar-refractivity contribution in [3.05, 3.63) is 47.0 Å². The van der Waals surface area contributed by atoms with Crippen LogP contribution < -0.4 is 15.2 Å². The Labute approximate surface area is 128 Å². The SMILES string of the molecule is COc1ccc(Cl)c(NS(=O)(=O)c2ccc(C)cc2N)c1. The molecule has 0 heterocycles. The number of hydrogen-bond acceptors (Lipinski definition) is 4. The Morgan fingerprint density at radius 1 is 1.19 bits per heavy atom. The fraction of sp³-hybridized carbons (Fsp3) is 0.143. The van der Waals surface area contributed by atoms with E-state index in [-0.39, 0.29) is 21.3 Å². The molecule has 5 nitrogen and oxygen atoms in total. The molecule has 0 aliphatic carbocycles. The first-order chi connectivity index (χ1) is 9.83. The molecule has 2 aromatic rings. The second kappa shape index (κ2) is 5.83. The van der Waals surface area contributed by atoms with Gasteiger partial charge in [0.2, 0.25) is 0 Å². The number of hydrogen-bond donors (Lipinski definition) is 2. The van der Waals surface area contributed by atoms with E-state index < -0.39 is 10.0 Å². The summed E-state index contributed by atoms with van der Waals surface area (Å²) >= 11 is 6.00. The highest BCUT2D eigenvalue weighted by molar-refractivity contribution is 7.92. The van der Waals surface area contributed by atoms with Crippen LogP contribution in [0.15, 0.2) is 41.3 Å². The third kappa shape index (κ3) is 3.40. The van der Waals surface area contributed by atoms with Gasteiger partial charge in [-0.2, -0.15) is 0 Å². The maximum absolute atomic E-state index is 12.4. The summed E-state index contributed by atoms with van der Waals surface area (Å²) < 4.78 is 32.3. The van der Waals surface area contributed by atoms with Crippen LogP contribution in [-0.4, -0.2) is 15.5 Å². The number of aryl methyl sites for hydroxylation is 1. The number of ether oxygens (including phenoxy) is 1. The lowest BCUT2D eigenvalue weighted by atomic mass is 10.2. The van der Waals surface area contributed by atoms with Crippen molar-refractivity contribution < 1.29 is 13.2 Å². The molecule has 0 saturated carbocycles. The van der Waals surface area contributed by atoms with Crippen molar-refractivity contribution in [2.24, 2.45) is 0 Å². The second-order valence-corrected chi connectivity index (χ2v) is 6.55. The van der Waals surface area contributed by atoms with Gasteiger partial charge in [-0.25, -0.2) is 8.42 Å². The first-order valence-electron chi connectivity index (χ1n) is 6.06. The fourth-order valence-corrected chi connectivity index (χ4v) is 3.23. The molecular formula is C14H15ClN2O3S. The van der Waals surface area contributed by atoms with Gasteiger partial charge in [0.05, 0.1) is 23.5 Å². The summed E-state index contributed by atoms with van der Waals surface area (Å²) in [5.74, 6) is 0.494. The van der Waals surface area contributed by atoms with Gasteiger partial charge >= 0.3 is 0 Å². The third-order valence-electron chi connectivity index (χ3n) is 2.87. The second-order valence-electron chi connectivity index (χ2n) is 4.49. The first-order valence-corrected chi connectivity index (χ1v) is 7.92. The van der Waals surface area contributed by atoms with Crippen LogP contribution >= 0.6 is 11.6 Å². The molecule has 0 aliphatic heterocycles. The van der Waals surface area contributed by atoms with E-state index >= 15 is 0 Å². The maximum atomic E-state index is 12.4. The van der Waals surface area contributed by atoms with E-state index in [9.17, 15) is 8.42 Å². The summed E-state index contributed by atoms with van der Waals surface area (Å²) in [6.07, 6.45) is 0. The zero-order valence-corrected chi connectivity index (χ0v) is 13.1. The average molecular weight is 327 g/mol. The van der Waals surface area contributed by atoms with Gasteiger partial charge < -0.3 is 10.5 Å². The molecule has 0 aromatic heterocycles. The normalized spacial score (nSPS) is 11.2. The molecule has 2 rings (SSSR count). The van der Waals surface area contributed by atoms with E-state index in [2.05, 4.69) is 4.72 Å². The summed E-state index contributed by atoms with van der Waals surface area (Å²) in [6, 6.07) is 9.43. The molecule has 0 spiro atoms. The molecule has 0 saturated heterocycles. The predicted molar refractivity (Wildman–Crippen MR) is 84.4 cm³/mol. The Morgan fingerprint density at radius 2 is 1.90 bits per heavy atom. The number of anilines is 2. The van der Waals surface area contributed by atoms with Gasteiger partial charge in [-0.3, -0.25) is 4.72 Å². The van der Waals surface area contributed by atoms with Crippen LogP contribution in [-0.2, 0) is 10.0 Å². The molecular weight excluding hydrogens is 312 g/mol. The molecule has 0 atom stereocenters. The third-order valence-corrected chi connectivity index (χ3v) is 4.64. The molecule has 0 aliphatic rings. The van der Waals surface area contributed by atoms with Gasteiger partial charge in [0.1, 0.15) is 10.6 Å². The minimum absolute atomic E-state index is 0.00647. The van der Waals surface area contributed by atoms with Crippen LogP contribution in [0.3, 0.4) is 0 Å². The van der Waals surface area contributed by atoms with Crippen LogP contribution in [0.5, 0.6) is 5.75 Å². The monoisotopic (exact) mass is 326 g/mol. The van der Waals surface area contributed by atoms with Crippen molar-refractivity contribution >= 4 is 33.0 Å². The Morgan fingerprint density at radius 3 is 2.52 bits per heavy atom. The number of benzene rings is 2. The number of halogens is 1. The van der Waals surface area contributed by atoms with Crippen LogP contribution in [0.1, 0.15) is 5.56 Å². The molecule has 0 amide bonds. The van der Waals surface area contributed by atoms with Crippen molar-refractivity contribution in [2.75, 3.05) is 17.6 Å². The van der Waals surface area contributed by atoms with Crippen molar-refractivity contribution in [1.82, 2.24) is 0 Å². The van der Waals surface area contributed by atoms with Gasteiger partial charge in [0, 0.05) is 6.07 Å². The Bertz CT molecular complexity index is 776. The smallest absolute Gasteiger partial charge is 0.263 e. The van der Waals surface area contributed by atoms with Crippen LogP contribution in [0.2, 0.25) is 5.02 Å². The molecule has 7 heteroatoms. The lowest BCUT2D eigenvalue weighted by Crippen LogP contribution is -2.15. The Kier molecular flexibility index (Phi) is 4.29. The Hall–Kier alpha value is -1.92. The zero-order chi connectivity index (χ0) is 15.6. The molecule has 2 aromatic carbocycles. The average Bonchev–Trinajstić information content (AvgIpc) is 2.40. The lowest BCUT2D eigenvalue weighted by molar-refractivity contribution is 0.415. The molecule has 0 unspecified atom stereocenters. The molecule has 0 fully saturated rings. The predicted octanol–water partition coefficient (Wildman–Crippen LogP) is 3.04. The number of sulfonamides is 1. The largest absolute Gasteiger partial charge is 0.497 e. The number of methoxy groups -OCH3 is 1. The minimum atomic E-state index is -3.82. The van der Waals surface area contributed by atoms with E-state index in [1.54, 1.807) is 24.3 Å². The summed E-state index contributed by atoms with van der Waals surface area (Å²) in [5.41, 5.74) is 7.07. The quantitative estimate of drug-likeness (QED) is 0.846. The highest BCUT2D eigenvalue weighted by Gasteiger charge is 2.19. The van der Waals surface area contributed by atoms with E-state index in [0.717, 1.165) is 5.56 Å². The van der Waals surface area contributed by atoms with Crippen molar-refractivity contribution in [3.8, 4) is 5.75 Å². The molecule has 0 radical (unpaired) electrons. The fourth-order valence-electron chi connectivity index (χ4n) is 1.82.